The van der Waals surface area contributed by atoms with Crippen molar-refractivity contribution < 1.29 is 18.4 Å². The van der Waals surface area contributed by atoms with Crippen LogP contribution in [0.2, 0.25) is 0 Å². The largest absolute Gasteiger partial charge is 0.455 e. The van der Waals surface area contributed by atoms with Gasteiger partial charge in [-0.3, -0.25) is 9.59 Å². The minimum Gasteiger partial charge on any atom is -0.455 e. The van der Waals surface area contributed by atoms with Gasteiger partial charge in [0.25, 0.3) is 0 Å². The van der Waals surface area contributed by atoms with E-state index >= 15 is 0 Å². The second-order valence-electron chi connectivity index (χ2n) is 9.00. The molecule has 0 radical (unpaired) electrons. The van der Waals surface area contributed by atoms with Gasteiger partial charge < -0.3 is 10.2 Å². The van der Waals surface area contributed by atoms with Crippen LogP contribution in [0.3, 0.4) is 0 Å². The van der Waals surface area contributed by atoms with Crippen molar-refractivity contribution in [2.75, 3.05) is 5.73 Å². The molecule has 0 unspecified atom stereocenters. The number of fused-ring (bicyclic) bond motifs is 1. The van der Waals surface area contributed by atoms with E-state index < -0.39 is 0 Å². The molecule has 4 nitrogen and oxygen atoms in total. The maximum atomic E-state index is 13.5. The molecule has 1 aromatic heterocycles. The van der Waals surface area contributed by atoms with Crippen LogP contribution >= 0.6 is 0 Å². The summed E-state index contributed by atoms with van der Waals surface area (Å²) in [7, 11) is 0. The van der Waals surface area contributed by atoms with E-state index in [2.05, 4.69) is 13.8 Å². The lowest BCUT2D eigenvalue weighted by Gasteiger charge is -2.09. The van der Waals surface area contributed by atoms with E-state index in [0.29, 0.717) is 57.9 Å². The topological polar surface area (TPSA) is 73.3 Å². The third kappa shape index (κ3) is 4.79. The number of carbonyl (C=O) groups excluding carboxylic acids is 2. The fourth-order valence-electron chi connectivity index (χ4n) is 4.08. The van der Waals surface area contributed by atoms with E-state index in [-0.39, 0.29) is 17.4 Å². The lowest BCUT2D eigenvalue weighted by molar-refractivity contribution is 0.0972. The Balaban J connectivity index is 1.82. The Bertz CT molecular complexity index is 1370. The zero-order valence-electron chi connectivity index (χ0n) is 19.7. The zero-order valence-corrected chi connectivity index (χ0v) is 19.7. The van der Waals surface area contributed by atoms with Crippen LogP contribution in [0.1, 0.15) is 60.7 Å². The van der Waals surface area contributed by atoms with Gasteiger partial charge in [-0.25, -0.2) is 4.39 Å². The van der Waals surface area contributed by atoms with Crippen LogP contribution in [0.4, 0.5) is 10.1 Å². The molecule has 34 heavy (non-hydrogen) atoms. The van der Waals surface area contributed by atoms with Crippen molar-refractivity contribution >= 4 is 28.2 Å². The number of carbonyl (C=O) groups is 2. The van der Waals surface area contributed by atoms with E-state index in [1.54, 1.807) is 25.1 Å². The maximum absolute atomic E-state index is 13.5. The van der Waals surface area contributed by atoms with Gasteiger partial charge in [-0.05, 0) is 78.1 Å². The fourth-order valence-corrected chi connectivity index (χ4v) is 4.08. The summed E-state index contributed by atoms with van der Waals surface area (Å²) in [6.07, 6.45) is 1.59. The Labute approximate surface area is 198 Å². The molecule has 0 saturated carbocycles. The predicted molar refractivity (Wildman–Crippen MR) is 134 cm³/mol. The minimum atomic E-state index is -0.356. The van der Waals surface area contributed by atoms with E-state index in [1.807, 2.05) is 30.3 Å². The third-order valence-corrected chi connectivity index (χ3v) is 5.95. The number of anilines is 1. The van der Waals surface area contributed by atoms with Crippen LogP contribution < -0.4 is 5.73 Å². The molecule has 0 aliphatic rings. The smallest absolute Gasteiger partial charge is 0.167 e. The van der Waals surface area contributed by atoms with Crippen molar-refractivity contribution in [3.05, 3.63) is 77.6 Å². The van der Waals surface area contributed by atoms with Gasteiger partial charge in [-0.2, -0.15) is 0 Å². The van der Waals surface area contributed by atoms with Crippen LogP contribution in [0.15, 0.2) is 65.1 Å². The number of nitrogens with two attached hydrogens (primary N) is 1. The SMILES string of the molecule is CCC(=O)c1c(-c2ccc(F)cc2)oc2ccc(-c3cc(N)cc(C(=O)CCC(C)C)c3)cc12. The van der Waals surface area contributed by atoms with E-state index in [9.17, 15) is 14.0 Å². The summed E-state index contributed by atoms with van der Waals surface area (Å²) in [5, 5.41) is 0.679. The van der Waals surface area contributed by atoms with Crippen molar-refractivity contribution in [3.8, 4) is 22.5 Å². The van der Waals surface area contributed by atoms with Gasteiger partial charge in [-0.1, -0.05) is 26.8 Å². The zero-order chi connectivity index (χ0) is 24.4. The van der Waals surface area contributed by atoms with E-state index in [0.717, 1.165) is 17.5 Å². The van der Waals surface area contributed by atoms with Gasteiger partial charge >= 0.3 is 0 Å². The highest BCUT2D eigenvalue weighted by Crippen LogP contribution is 2.37. The number of halogens is 1. The minimum absolute atomic E-state index is 0.0621. The second-order valence-corrected chi connectivity index (χ2v) is 9.00. The number of hydrogen-bond acceptors (Lipinski definition) is 4. The molecule has 2 N–H and O–H groups in total. The predicted octanol–water partition coefficient (Wildman–Crippen LogP) is 7.70. The quantitative estimate of drug-likeness (QED) is 0.217. The molecule has 3 aromatic carbocycles. The highest BCUT2D eigenvalue weighted by molar-refractivity contribution is 6.12. The van der Waals surface area contributed by atoms with Gasteiger partial charge in [0.1, 0.15) is 17.2 Å². The average molecular weight is 458 g/mol. The molecule has 0 aliphatic heterocycles. The van der Waals surface area contributed by atoms with Gasteiger partial charge in [0.05, 0.1) is 5.56 Å². The Morgan fingerprint density at radius 2 is 1.62 bits per heavy atom. The van der Waals surface area contributed by atoms with Crippen molar-refractivity contribution in [3.63, 3.8) is 0 Å². The Hall–Kier alpha value is -3.73. The monoisotopic (exact) mass is 457 g/mol. The number of hydrogen-bond donors (Lipinski definition) is 1. The molecule has 5 heteroatoms. The third-order valence-electron chi connectivity index (χ3n) is 5.95. The van der Waals surface area contributed by atoms with Crippen molar-refractivity contribution in [2.24, 2.45) is 5.92 Å². The first-order chi connectivity index (χ1) is 16.3. The molecule has 4 rings (SSSR count). The summed E-state index contributed by atoms with van der Waals surface area (Å²) in [5.74, 6) is 0.513. The van der Waals surface area contributed by atoms with Crippen LogP contribution in [0, 0.1) is 11.7 Å². The lowest BCUT2D eigenvalue weighted by atomic mass is 9.95. The second kappa shape index (κ2) is 9.64. The van der Waals surface area contributed by atoms with E-state index in [4.69, 9.17) is 10.2 Å². The number of rotatable bonds is 8. The summed E-state index contributed by atoms with van der Waals surface area (Å²) in [6, 6.07) is 16.9. The molecule has 0 fully saturated rings. The van der Waals surface area contributed by atoms with Crippen molar-refractivity contribution in [1.82, 2.24) is 0 Å². The standard InChI is InChI=1S/C29H28FNO3/c1-4-25(32)28-24-16-19(8-12-27(24)34-29(28)18-6-9-22(30)10-7-18)20-13-21(15-23(31)14-20)26(33)11-5-17(2)3/h6-10,12-17H,4-5,11,31H2,1-3H3. The van der Waals surface area contributed by atoms with Crippen LogP contribution in [-0.4, -0.2) is 11.6 Å². The molecule has 0 atom stereocenters. The highest BCUT2D eigenvalue weighted by Gasteiger charge is 2.22. The lowest BCUT2D eigenvalue weighted by Crippen LogP contribution is -2.03. The number of benzene rings is 3. The van der Waals surface area contributed by atoms with Gasteiger partial charge in [0.15, 0.2) is 11.6 Å². The summed E-state index contributed by atoms with van der Waals surface area (Å²) in [4.78, 5) is 25.6. The number of Topliss-reactive ketones (excluding diaryl/α,β-unsaturated/α-hetero) is 2. The summed E-state index contributed by atoms with van der Waals surface area (Å²) < 4.78 is 19.5. The first-order valence-electron chi connectivity index (χ1n) is 11.6. The van der Waals surface area contributed by atoms with Gasteiger partial charge in [0.2, 0.25) is 0 Å². The molecule has 1 heterocycles. The normalized spacial score (nSPS) is 11.3. The molecular weight excluding hydrogens is 429 g/mol. The summed E-state index contributed by atoms with van der Waals surface area (Å²) >= 11 is 0. The molecule has 0 amide bonds. The van der Waals surface area contributed by atoms with Crippen molar-refractivity contribution in [1.29, 1.82) is 0 Å². The summed E-state index contributed by atoms with van der Waals surface area (Å²) in [6.45, 7) is 5.98. The molecule has 4 aromatic rings. The Morgan fingerprint density at radius 3 is 2.29 bits per heavy atom. The molecular formula is C29H28FNO3. The van der Waals surface area contributed by atoms with Crippen molar-refractivity contribution in [2.45, 2.75) is 40.0 Å². The van der Waals surface area contributed by atoms with Gasteiger partial charge in [0, 0.05) is 35.0 Å². The van der Waals surface area contributed by atoms with Crippen LogP contribution in [-0.2, 0) is 0 Å². The highest BCUT2D eigenvalue weighted by atomic mass is 19.1. The van der Waals surface area contributed by atoms with Gasteiger partial charge in [-0.15, -0.1) is 0 Å². The molecule has 0 spiro atoms. The maximum Gasteiger partial charge on any atom is 0.167 e. The Kier molecular flexibility index (Phi) is 6.64. The molecule has 0 bridgehead atoms. The first kappa shape index (κ1) is 23.4. The average Bonchev–Trinajstić information content (AvgIpc) is 3.20. The van der Waals surface area contributed by atoms with Crippen LogP contribution in [0.25, 0.3) is 33.4 Å². The fraction of sp³-hybridized carbons (Fsp3) is 0.241. The molecule has 0 saturated heterocycles. The Morgan fingerprint density at radius 1 is 0.912 bits per heavy atom. The number of ketones is 2. The van der Waals surface area contributed by atoms with E-state index in [1.165, 1.54) is 12.1 Å². The molecule has 0 aliphatic carbocycles. The molecule has 174 valence electrons. The number of furan rings is 1. The number of nitrogen functional groups attached to an aromatic ring is 1. The summed E-state index contributed by atoms with van der Waals surface area (Å²) in [5.41, 5.74) is 10.5. The first-order valence-corrected chi connectivity index (χ1v) is 11.6. The van der Waals surface area contributed by atoms with Crippen LogP contribution in [0.5, 0.6) is 0 Å².